The predicted octanol–water partition coefficient (Wildman–Crippen LogP) is 13.6. The number of ether oxygens (including phenoxy) is 4. The topological polar surface area (TPSA) is 152 Å². The smallest absolute Gasteiger partial charge is 0.316 e. The lowest BCUT2D eigenvalue weighted by Crippen LogP contribution is -2.32. The summed E-state index contributed by atoms with van der Waals surface area (Å²) in [6.45, 7) is 15.4. The Morgan fingerprint density at radius 2 is 0.885 bits per heavy atom. The number of carbonyl (C=O) groups is 4. The van der Waals surface area contributed by atoms with Gasteiger partial charge < -0.3 is 39.0 Å². The van der Waals surface area contributed by atoms with Crippen LogP contribution in [0, 0.1) is 22.5 Å². The molecule has 0 aromatic heterocycles. The molecule has 15 heteroatoms. The van der Waals surface area contributed by atoms with Gasteiger partial charge in [0.05, 0.1) is 36.4 Å². The van der Waals surface area contributed by atoms with Crippen LogP contribution in [0.1, 0.15) is 142 Å². The van der Waals surface area contributed by atoms with Gasteiger partial charge in [-0.1, -0.05) is 31.7 Å². The highest BCUT2D eigenvalue weighted by molar-refractivity contribution is 7.59. The number of phenols is 2. The molecular formula is C63H74F2N2O10S. The molecule has 0 spiro atoms. The lowest BCUT2D eigenvalue weighted by molar-refractivity contribution is -0.143. The molecule has 0 saturated carbocycles. The van der Waals surface area contributed by atoms with Gasteiger partial charge in [0, 0.05) is 36.3 Å². The molecule has 6 aromatic rings. The first-order valence-electron chi connectivity index (χ1n) is 25.7. The summed E-state index contributed by atoms with van der Waals surface area (Å²) in [6.07, 6.45) is 4.83. The first-order chi connectivity index (χ1) is 36.0. The fraction of sp³-hybridized carbons (Fsp3) is 0.365. The second-order valence-corrected chi connectivity index (χ2v) is 21.3. The van der Waals surface area contributed by atoms with Gasteiger partial charge in [-0.25, -0.2) is 8.78 Å². The van der Waals surface area contributed by atoms with Crippen molar-refractivity contribution in [1.29, 1.82) is 0 Å². The van der Waals surface area contributed by atoms with E-state index in [9.17, 15) is 38.2 Å². The fourth-order valence-corrected chi connectivity index (χ4v) is 9.54. The van der Waals surface area contributed by atoms with Crippen LogP contribution >= 0.6 is 13.5 Å². The van der Waals surface area contributed by atoms with E-state index in [-0.39, 0.29) is 67.6 Å². The van der Waals surface area contributed by atoms with Crippen LogP contribution in [0.4, 0.5) is 20.2 Å². The number of hydrogen-bond acceptors (Lipinski definition) is 10. The van der Waals surface area contributed by atoms with Crippen LogP contribution in [0.3, 0.4) is 0 Å². The van der Waals surface area contributed by atoms with Crippen molar-refractivity contribution in [3.8, 4) is 34.5 Å². The Morgan fingerprint density at radius 1 is 0.526 bits per heavy atom. The third-order valence-electron chi connectivity index (χ3n) is 13.9. The third-order valence-corrected chi connectivity index (χ3v) is 13.9. The number of rotatable bonds is 12. The molecule has 0 heterocycles. The van der Waals surface area contributed by atoms with E-state index < -0.39 is 34.0 Å². The summed E-state index contributed by atoms with van der Waals surface area (Å²) in [4.78, 5) is 54.8. The van der Waals surface area contributed by atoms with Crippen molar-refractivity contribution in [2.75, 3.05) is 37.1 Å². The van der Waals surface area contributed by atoms with Crippen LogP contribution in [-0.2, 0) is 35.3 Å². The van der Waals surface area contributed by atoms with Crippen LogP contribution < -0.4 is 28.7 Å². The van der Waals surface area contributed by atoms with Crippen molar-refractivity contribution in [3.05, 3.63) is 165 Å². The number of phenolic OH excluding ortho intramolecular Hbond substituents is 2. The number of nitrogens with zero attached hydrogens (tertiary/aromatic N) is 2. The summed E-state index contributed by atoms with van der Waals surface area (Å²) in [7, 11) is 3.15. The zero-order valence-corrected chi connectivity index (χ0v) is 46.5. The number of hydrogen-bond donors (Lipinski definition) is 2. The maximum atomic E-state index is 14.0. The molecule has 8 rings (SSSR count). The Bertz CT molecular complexity index is 2940. The summed E-state index contributed by atoms with van der Waals surface area (Å²) in [5.41, 5.74) is 7.25. The van der Waals surface area contributed by atoms with Gasteiger partial charge in [-0.3, -0.25) is 19.2 Å². The second-order valence-electron chi connectivity index (χ2n) is 21.3. The van der Waals surface area contributed by atoms with Crippen molar-refractivity contribution < 1.29 is 57.1 Å². The minimum absolute atomic E-state index is 0. The van der Waals surface area contributed by atoms with Crippen molar-refractivity contribution in [3.63, 3.8) is 0 Å². The van der Waals surface area contributed by atoms with Gasteiger partial charge in [0.1, 0.15) is 23.0 Å². The fourth-order valence-electron chi connectivity index (χ4n) is 9.54. The van der Waals surface area contributed by atoms with E-state index in [2.05, 4.69) is 0 Å². The molecule has 0 radical (unpaired) electrons. The number of esters is 2. The maximum Gasteiger partial charge on any atom is 0.316 e. The van der Waals surface area contributed by atoms with Gasteiger partial charge in [-0.15, -0.1) is 0 Å². The number of carbonyl (C=O) groups excluding carboxylic acids is 4. The molecule has 2 aliphatic carbocycles. The number of methoxy groups -OCH3 is 2. The van der Waals surface area contributed by atoms with Gasteiger partial charge in [-0.05, 0) is 212 Å². The van der Waals surface area contributed by atoms with E-state index in [0.29, 0.717) is 36.1 Å². The monoisotopic (exact) mass is 1090 g/mol. The Hall–Kier alpha value is -7.39. The quantitative estimate of drug-likeness (QED) is 0.0895. The average Bonchev–Trinajstić information content (AvgIpc) is 3.40. The summed E-state index contributed by atoms with van der Waals surface area (Å²) in [5, 5.41) is 19.1. The van der Waals surface area contributed by atoms with Gasteiger partial charge >= 0.3 is 11.9 Å². The van der Waals surface area contributed by atoms with Gasteiger partial charge in [-0.2, -0.15) is 13.5 Å². The van der Waals surface area contributed by atoms with E-state index in [1.54, 1.807) is 24.0 Å². The van der Waals surface area contributed by atoms with Crippen LogP contribution in [0.15, 0.2) is 109 Å². The van der Waals surface area contributed by atoms with Crippen LogP contribution in [0.5, 0.6) is 34.5 Å². The van der Waals surface area contributed by atoms with Gasteiger partial charge in [0.25, 0.3) is 11.8 Å². The minimum atomic E-state index is -0.839. The first-order valence-corrected chi connectivity index (χ1v) is 25.7. The Morgan fingerprint density at radius 3 is 1.21 bits per heavy atom. The molecule has 2 amide bonds. The lowest BCUT2D eigenvalue weighted by atomic mass is 9.79. The number of fused-ring (bicyclic) bond motifs is 2. The Labute approximate surface area is 464 Å². The zero-order valence-electron chi connectivity index (χ0n) is 45.5. The van der Waals surface area contributed by atoms with Crippen molar-refractivity contribution in [2.45, 2.75) is 113 Å². The molecule has 0 aliphatic heterocycles. The largest absolute Gasteiger partial charge is 0.505 e. The van der Waals surface area contributed by atoms with E-state index >= 15 is 0 Å². The number of benzene rings is 6. The second kappa shape index (κ2) is 25.8. The summed E-state index contributed by atoms with van der Waals surface area (Å²) < 4.78 is 50.2. The molecule has 0 unspecified atom stereocenters. The summed E-state index contributed by atoms with van der Waals surface area (Å²) in [6, 6.07) is 30.4. The highest BCUT2D eigenvalue weighted by Crippen LogP contribution is 2.43. The van der Waals surface area contributed by atoms with Crippen LogP contribution in [-0.4, -0.2) is 61.3 Å². The Balaban J connectivity index is 0.000000280. The average molecular weight is 1090 g/mol. The molecule has 2 atom stereocenters. The predicted molar refractivity (Wildman–Crippen MR) is 307 cm³/mol. The van der Waals surface area contributed by atoms with Crippen molar-refractivity contribution >= 4 is 48.6 Å². The van der Waals surface area contributed by atoms with Crippen LogP contribution in [0.2, 0.25) is 0 Å². The molecular weight excluding hydrogens is 1010 g/mol. The molecule has 2 N–H and O–H groups in total. The minimum Gasteiger partial charge on any atom is -0.505 e. The molecule has 12 nitrogen and oxygen atoms in total. The molecule has 2 aliphatic rings. The molecule has 78 heavy (non-hydrogen) atoms. The number of halogens is 2. The van der Waals surface area contributed by atoms with E-state index in [4.69, 9.17) is 18.9 Å². The molecule has 0 bridgehead atoms. The van der Waals surface area contributed by atoms with E-state index in [1.807, 2.05) is 128 Å². The van der Waals surface area contributed by atoms with Gasteiger partial charge in [0.2, 0.25) is 0 Å². The maximum absolute atomic E-state index is 14.0. The van der Waals surface area contributed by atoms with E-state index in [1.165, 1.54) is 35.4 Å². The lowest BCUT2D eigenvalue weighted by Gasteiger charge is -2.31. The highest BCUT2D eigenvalue weighted by Gasteiger charge is 2.31. The Kier molecular flexibility index (Phi) is 20.4. The van der Waals surface area contributed by atoms with E-state index in [0.717, 1.165) is 84.3 Å². The molecule has 6 aromatic carbocycles. The zero-order chi connectivity index (χ0) is 55.2. The van der Waals surface area contributed by atoms with Crippen molar-refractivity contribution in [2.24, 2.45) is 10.8 Å². The standard InChI is InChI=1S/2C31H34FNO5.CH4.H2S/c2*1-6-33(29(35)22-10-14-28(34)26(32)17-22)27-18-23(37-5)12-13-25(27)21-8-7-20-16-24(11-9-19(20)15-21)38-30(36)31(2,3)4;;/h2*9-14,16-18,21,34H,6-8,15H2,1-5H3;1H4;1H2/t2*21-;;/m10../s1. The molecule has 0 saturated heterocycles. The number of anilines is 2. The summed E-state index contributed by atoms with van der Waals surface area (Å²) >= 11 is 0. The van der Waals surface area contributed by atoms with Crippen LogP contribution in [0.25, 0.3) is 0 Å². The number of aromatic hydroxyl groups is 2. The van der Waals surface area contributed by atoms with Gasteiger partial charge in [0.15, 0.2) is 23.1 Å². The normalized spacial score (nSPS) is 14.6. The number of aryl methyl sites for hydroxylation is 2. The molecule has 416 valence electrons. The SMILES string of the molecule is C.CCN(C(=O)c1ccc(O)c(F)c1)c1cc(OC)ccc1[C@@H]1CCc2cc(OC(=O)C(C)(C)C)ccc2C1.CCN(C(=O)c1ccc(O)c(F)c1)c1cc(OC)ccc1[C@H]1CCc2cc(OC(=O)C(C)(C)C)ccc2C1.S. The first kappa shape index (κ1) is 61.5. The highest BCUT2D eigenvalue weighted by atomic mass is 32.1. The number of amides is 2. The summed E-state index contributed by atoms with van der Waals surface area (Å²) in [5.74, 6) is -1.30. The third kappa shape index (κ3) is 14.2. The molecule has 0 fully saturated rings. The van der Waals surface area contributed by atoms with Crippen molar-refractivity contribution in [1.82, 2.24) is 0 Å².